The predicted molar refractivity (Wildman–Crippen MR) is 124 cm³/mol. The van der Waals surface area contributed by atoms with E-state index in [9.17, 15) is 9.59 Å². The van der Waals surface area contributed by atoms with Gasteiger partial charge >= 0.3 is 0 Å². The van der Waals surface area contributed by atoms with Crippen LogP contribution in [-0.2, 0) is 17.9 Å². The summed E-state index contributed by atoms with van der Waals surface area (Å²) in [5.41, 5.74) is 0.417. The van der Waals surface area contributed by atoms with Crippen LogP contribution in [0.3, 0.4) is 0 Å². The molecule has 1 aromatic heterocycles. The molecule has 1 heterocycles. The molecule has 1 aliphatic rings. The maximum Gasteiger partial charge on any atom is 0.251 e. The first-order valence-corrected chi connectivity index (χ1v) is 12.2. The van der Waals surface area contributed by atoms with Gasteiger partial charge in [0.2, 0.25) is 5.91 Å². The van der Waals surface area contributed by atoms with Crippen LogP contribution in [-0.4, -0.2) is 38.4 Å². The second-order valence-corrected chi connectivity index (χ2v) is 9.44. The van der Waals surface area contributed by atoms with E-state index < -0.39 is 0 Å². The molecule has 2 atom stereocenters. The van der Waals surface area contributed by atoms with E-state index in [1.54, 1.807) is 12.1 Å². The summed E-state index contributed by atoms with van der Waals surface area (Å²) in [6, 6.07) is 4.98. The second-order valence-electron chi connectivity index (χ2n) is 7.68. The Balaban J connectivity index is 1.54. The first kappa shape index (κ1) is 23.9. The van der Waals surface area contributed by atoms with Crippen molar-refractivity contribution < 1.29 is 9.59 Å². The predicted octanol–water partition coefficient (Wildman–Crippen LogP) is 4.32. The third-order valence-electron chi connectivity index (χ3n) is 5.49. The molecule has 2 N–H and O–H groups in total. The average Bonchev–Trinajstić information content (AvgIpc) is 3.16. The molecular weight excluding hydrogens is 457 g/mol. The van der Waals surface area contributed by atoms with E-state index in [-0.39, 0.29) is 30.2 Å². The number of carbonyl (C=O) groups excluding carboxylic acids is 2. The maximum absolute atomic E-state index is 12.4. The Morgan fingerprint density at radius 1 is 1.19 bits per heavy atom. The molecule has 0 unspecified atom stereocenters. The van der Waals surface area contributed by atoms with Crippen molar-refractivity contribution in [3.63, 3.8) is 0 Å². The summed E-state index contributed by atoms with van der Waals surface area (Å²) in [7, 11) is 0. The minimum absolute atomic E-state index is 0.0175. The molecule has 7 nitrogen and oxygen atoms in total. The lowest BCUT2D eigenvalue weighted by molar-refractivity contribution is -0.119. The van der Waals surface area contributed by atoms with Crippen molar-refractivity contribution in [2.75, 3.05) is 5.75 Å². The molecule has 0 aliphatic heterocycles. The van der Waals surface area contributed by atoms with Gasteiger partial charge in [-0.15, -0.1) is 10.2 Å². The summed E-state index contributed by atoms with van der Waals surface area (Å²) >= 11 is 13.2. The van der Waals surface area contributed by atoms with E-state index >= 15 is 0 Å². The summed E-state index contributed by atoms with van der Waals surface area (Å²) in [4.78, 5) is 24.8. The molecule has 1 aromatic carbocycles. The lowest BCUT2D eigenvalue weighted by atomic mass is 9.86. The zero-order valence-corrected chi connectivity index (χ0v) is 20.0. The number of aromatic nitrogens is 3. The summed E-state index contributed by atoms with van der Waals surface area (Å²) < 4.78 is 1.90. The Morgan fingerprint density at radius 2 is 1.97 bits per heavy atom. The van der Waals surface area contributed by atoms with Crippen molar-refractivity contribution in [2.24, 2.45) is 5.92 Å². The van der Waals surface area contributed by atoms with Crippen LogP contribution in [0.4, 0.5) is 0 Å². The number of nitrogens with zero attached hydrogens (tertiary/aromatic N) is 3. The fourth-order valence-electron chi connectivity index (χ4n) is 3.68. The van der Waals surface area contributed by atoms with Gasteiger partial charge < -0.3 is 15.2 Å². The van der Waals surface area contributed by atoms with Gasteiger partial charge in [0.25, 0.3) is 5.91 Å². The summed E-state index contributed by atoms with van der Waals surface area (Å²) in [5, 5.41) is 15.7. The normalized spacial score (nSPS) is 18.6. The number of carbonyl (C=O) groups is 2. The molecular formula is C21H27Cl2N5O2S. The number of amides is 2. The quantitative estimate of drug-likeness (QED) is 0.545. The molecule has 10 heteroatoms. The molecule has 1 aliphatic carbocycles. The molecule has 168 valence electrons. The highest BCUT2D eigenvalue weighted by molar-refractivity contribution is 7.99. The fraction of sp³-hybridized carbons (Fsp3) is 0.524. The Bertz CT molecular complexity index is 936. The SMILES string of the molecule is CCn1c(CNC(=O)c2ccc(Cl)c(Cl)c2)nnc1SCC(=O)N[C@@H]1CCCC[C@H]1C. The number of benzene rings is 1. The number of hydrogen-bond acceptors (Lipinski definition) is 5. The highest BCUT2D eigenvalue weighted by Gasteiger charge is 2.23. The molecule has 1 saturated carbocycles. The number of rotatable bonds is 8. The van der Waals surface area contributed by atoms with Gasteiger partial charge in [0, 0.05) is 18.2 Å². The van der Waals surface area contributed by atoms with E-state index in [0.29, 0.717) is 39.1 Å². The molecule has 31 heavy (non-hydrogen) atoms. The van der Waals surface area contributed by atoms with Gasteiger partial charge in [0.15, 0.2) is 11.0 Å². The van der Waals surface area contributed by atoms with Gasteiger partial charge in [0.1, 0.15) is 0 Å². The Morgan fingerprint density at radius 3 is 2.68 bits per heavy atom. The van der Waals surface area contributed by atoms with Crippen molar-refractivity contribution in [1.82, 2.24) is 25.4 Å². The van der Waals surface area contributed by atoms with E-state index in [2.05, 4.69) is 27.8 Å². The summed E-state index contributed by atoms with van der Waals surface area (Å²) in [6.07, 6.45) is 4.63. The van der Waals surface area contributed by atoms with Crippen molar-refractivity contribution in [3.8, 4) is 0 Å². The number of hydrogen-bond donors (Lipinski definition) is 2. The molecule has 0 saturated heterocycles. The zero-order chi connectivity index (χ0) is 22.4. The topological polar surface area (TPSA) is 88.9 Å². The smallest absolute Gasteiger partial charge is 0.251 e. The second kappa shape index (κ2) is 11.2. The van der Waals surface area contributed by atoms with Crippen LogP contribution in [0.2, 0.25) is 10.0 Å². The van der Waals surface area contributed by atoms with Gasteiger partial charge in [0.05, 0.1) is 22.3 Å². The Hall–Kier alpha value is -1.77. The van der Waals surface area contributed by atoms with E-state index in [1.165, 1.54) is 37.1 Å². The number of thioether (sulfide) groups is 1. The van der Waals surface area contributed by atoms with Gasteiger partial charge in [-0.2, -0.15) is 0 Å². The first-order chi connectivity index (χ1) is 14.9. The fourth-order valence-corrected chi connectivity index (χ4v) is 4.81. The summed E-state index contributed by atoms with van der Waals surface area (Å²) in [6.45, 7) is 5.02. The van der Waals surface area contributed by atoms with Crippen LogP contribution in [0.15, 0.2) is 23.4 Å². The molecule has 0 bridgehead atoms. The van der Waals surface area contributed by atoms with Crippen LogP contribution in [0.1, 0.15) is 55.7 Å². The lowest BCUT2D eigenvalue weighted by Gasteiger charge is -2.29. The lowest BCUT2D eigenvalue weighted by Crippen LogP contribution is -2.41. The van der Waals surface area contributed by atoms with Crippen LogP contribution in [0.5, 0.6) is 0 Å². The minimum atomic E-state index is -0.278. The molecule has 1 fully saturated rings. The molecule has 2 aromatic rings. The van der Waals surface area contributed by atoms with Gasteiger partial charge in [-0.1, -0.05) is 54.7 Å². The van der Waals surface area contributed by atoms with Crippen molar-refractivity contribution in [1.29, 1.82) is 0 Å². The first-order valence-electron chi connectivity index (χ1n) is 10.5. The van der Waals surface area contributed by atoms with Gasteiger partial charge in [-0.05, 0) is 43.9 Å². The van der Waals surface area contributed by atoms with E-state index in [4.69, 9.17) is 23.2 Å². The van der Waals surface area contributed by atoms with Crippen molar-refractivity contribution >= 4 is 46.8 Å². The van der Waals surface area contributed by atoms with Crippen molar-refractivity contribution in [2.45, 2.75) is 63.8 Å². The van der Waals surface area contributed by atoms with Crippen LogP contribution >= 0.6 is 35.0 Å². The molecule has 2 amide bonds. The zero-order valence-electron chi connectivity index (χ0n) is 17.7. The Kier molecular flexibility index (Phi) is 8.63. The standard InChI is InChI=1S/C21H27Cl2N5O2S/c1-3-28-18(11-24-20(30)14-8-9-15(22)16(23)10-14)26-27-21(28)31-12-19(29)25-17-7-5-4-6-13(17)2/h8-10,13,17H,3-7,11-12H2,1-2H3,(H,24,30)(H,25,29)/t13-,17-/m1/s1. The monoisotopic (exact) mass is 483 g/mol. The van der Waals surface area contributed by atoms with Crippen LogP contribution in [0.25, 0.3) is 0 Å². The number of nitrogens with one attached hydrogen (secondary N) is 2. The molecule has 0 radical (unpaired) electrons. The third-order valence-corrected chi connectivity index (χ3v) is 7.19. The van der Waals surface area contributed by atoms with E-state index in [1.807, 2.05) is 11.5 Å². The number of halogens is 2. The minimum Gasteiger partial charge on any atom is -0.352 e. The van der Waals surface area contributed by atoms with Crippen LogP contribution in [0, 0.1) is 5.92 Å². The molecule has 0 spiro atoms. The molecule has 3 rings (SSSR count). The van der Waals surface area contributed by atoms with Crippen LogP contribution < -0.4 is 10.6 Å². The van der Waals surface area contributed by atoms with Gasteiger partial charge in [-0.3, -0.25) is 9.59 Å². The Labute approximate surface area is 196 Å². The van der Waals surface area contributed by atoms with E-state index in [0.717, 1.165) is 6.42 Å². The average molecular weight is 484 g/mol. The third kappa shape index (κ3) is 6.37. The maximum atomic E-state index is 12.4. The van der Waals surface area contributed by atoms with Crippen molar-refractivity contribution in [3.05, 3.63) is 39.6 Å². The highest BCUT2D eigenvalue weighted by atomic mass is 35.5. The summed E-state index contributed by atoms with van der Waals surface area (Å²) in [5.74, 6) is 1.17. The highest BCUT2D eigenvalue weighted by Crippen LogP contribution is 2.25. The van der Waals surface area contributed by atoms with Gasteiger partial charge in [-0.25, -0.2) is 0 Å². The largest absolute Gasteiger partial charge is 0.352 e.